The van der Waals surface area contributed by atoms with E-state index in [1.807, 2.05) is 17.5 Å². The highest BCUT2D eigenvalue weighted by Crippen LogP contribution is 2.30. The van der Waals surface area contributed by atoms with E-state index < -0.39 is 5.82 Å². The van der Waals surface area contributed by atoms with Crippen LogP contribution in [0.1, 0.15) is 15.2 Å². The molecule has 98 valence electrons. The fourth-order valence-electron chi connectivity index (χ4n) is 1.76. The Labute approximate surface area is 121 Å². The lowest BCUT2D eigenvalue weighted by molar-refractivity contribution is 0.103. The van der Waals surface area contributed by atoms with E-state index in [2.05, 4.69) is 5.32 Å². The maximum absolute atomic E-state index is 13.2. The molecule has 3 aromatic rings. The Balaban J connectivity index is 1.85. The molecule has 0 fully saturated rings. The molecule has 1 aromatic carbocycles. The average molecular weight is 302 g/mol. The molecule has 0 spiro atoms. The van der Waals surface area contributed by atoms with Crippen LogP contribution >= 0.6 is 22.7 Å². The molecule has 2 aromatic heterocycles. The SMILES string of the molecule is N#Cc1cc(NC(=O)c2cc3sccc3s2)ccc1F. The molecule has 0 unspecified atom stereocenters. The summed E-state index contributed by atoms with van der Waals surface area (Å²) in [5.74, 6) is -0.851. The second-order valence-electron chi connectivity index (χ2n) is 4.02. The summed E-state index contributed by atoms with van der Waals surface area (Å²) in [5, 5.41) is 13.4. The Morgan fingerprint density at radius 3 is 2.85 bits per heavy atom. The van der Waals surface area contributed by atoms with E-state index in [1.54, 1.807) is 17.4 Å². The van der Waals surface area contributed by atoms with Gasteiger partial charge in [-0.25, -0.2) is 4.39 Å². The number of hydrogen-bond acceptors (Lipinski definition) is 4. The van der Waals surface area contributed by atoms with Crippen LogP contribution in [0.4, 0.5) is 10.1 Å². The Bertz CT molecular complexity index is 816. The highest BCUT2D eigenvalue weighted by Gasteiger charge is 2.12. The van der Waals surface area contributed by atoms with Gasteiger partial charge in [0.1, 0.15) is 11.9 Å². The summed E-state index contributed by atoms with van der Waals surface area (Å²) in [6.45, 7) is 0. The number of halogens is 1. The van der Waals surface area contributed by atoms with Crippen molar-refractivity contribution in [3.8, 4) is 6.07 Å². The summed E-state index contributed by atoms with van der Waals surface area (Å²) in [6.07, 6.45) is 0. The number of fused-ring (bicyclic) bond motifs is 1. The van der Waals surface area contributed by atoms with Crippen molar-refractivity contribution in [2.45, 2.75) is 0 Å². The van der Waals surface area contributed by atoms with Gasteiger partial charge in [-0.3, -0.25) is 4.79 Å². The molecule has 0 aliphatic rings. The molecule has 0 aliphatic carbocycles. The lowest BCUT2D eigenvalue weighted by Crippen LogP contribution is -2.10. The largest absolute Gasteiger partial charge is 0.321 e. The summed E-state index contributed by atoms with van der Waals surface area (Å²) < 4.78 is 15.3. The Morgan fingerprint density at radius 2 is 2.10 bits per heavy atom. The van der Waals surface area contributed by atoms with Crippen LogP contribution in [0.2, 0.25) is 0 Å². The van der Waals surface area contributed by atoms with Crippen LogP contribution in [0.3, 0.4) is 0 Å². The standard InChI is InChI=1S/C14H7FN2OS2/c15-10-2-1-9(5-8(10)7-16)17-14(18)13-6-12-11(20-13)3-4-19-12/h1-6H,(H,17,18). The van der Waals surface area contributed by atoms with Gasteiger partial charge in [-0.2, -0.15) is 5.26 Å². The van der Waals surface area contributed by atoms with Crippen LogP contribution in [0.15, 0.2) is 35.7 Å². The van der Waals surface area contributed by atoms with Gasteiger partial charge in [0.15, 0.2) is 0 Å². The van der Waals surface area contributed by atoms with Gasteiger partial charge in [0.05, 0.1) is 10.4 Å². The average Bonchev–Trinajstić information content (AvgIpc) is 3.01. The van der Waals surface area contributed by atoms with Crippen molar-refractivity contribution in [3.05, 3.63) is 52.0 Å². The van der Waals surface area contributed by atoms with Gasteiger partial charge < -0.3 is 5.32 Å². The van der Waals surface area contributed by atoms with Gasteiger partial charge in [-0.15, -0.1) is 22.7 Å². The summed E-state index contributed by atoms with van der Waals surface area (Å²) in [6, 6.07) is 9.46. The molecule has 0 aliphatic heterocycles. The molecule has 0 atom stereocenters. The van der Waals surface area contributed by atoms with Gasteiger partial charge in [-0.05, 0) is 35.7 Å². The molecule has 20 heavy (non-hydrogen) atoms. The summed E-state index contributed by atoms with van der Waals surface area (Å²) in [4.78, 5) is 12.7. The minimum absolute atomic E-state index is 0.0880. The Morgan fingerprint density at radius 1 is 1.25 bits per heavy atom. The number of nitrogens with one attached hydrogen (secondary N) is 1. The zero-order valence-corrected chi connectivity index (χ0v) is 11.6. The molecule has 3 rings (SSSR count). The number of thiophene rings is 2. The number of benzene rings is 1. The molecular weight excluding hydrogens is 295 g/mol. The maximum Gasteiger partial charge on any atom is 0.265 e. The van der Waals surface area contributed by atoms with Gasteiger partial charge in [0.2, 0.25) is 0 Å². The molecule has 0 bridgehead atoms. The maximum atomic E-state index is 13.2. The molecule has 1 amide bonds. The van der Waals surface area contributed by atoms with Crippen LogP contribution < -0.4 is 5.32 Å². The number of nitriles is 1. The van der Waals surface area contributed by atoms with Gasteiger partial charge in [0.25, 0.3) is 5.91 Å². The predicted octanol–water partition coefficient (Wildman–Crippen LogP) is 4.23. The zero-order chi connectivity index (χ0) is 14.1. The Kier molecular flexibility index (Phi) is 3.22. The first-order valence-electron chi connectivity index (χ1n) is 5.65. The van der Waals surface area contributed by atoms with Crippen LogP contribution in [0, 0.1) is 17.1 Å². The quantitative estimate of drug-likeness (QED) is 0.770. The zero-order valence-electron chi connectivity index (χ0n) is 10.0. The fraction of sp³-hybridized carbons (Fsp3) is 0. The van der Waals surface area contributed by atoms with Crippen molar-refractivity contribution in [1.29, 1.82) is 5.26 Å². The van der Waals surface area contributed by atoms with E-state index in [0.29, 0.717) is 10.6 Å². The first-order chi connectivity index (χ1) is 9.67. The summed E-state index contributed by atoms with van der Waals surface area (Å²) in [7, 11) is 0. The molecule has 6 heteroatoms. The molecule has 2 heterocycles. The van der Waals surface area contributed by atoms with Crippen molar-refractivity contribution < 1.29 is 9.18 Å². The van der Waals surface area contributed by atoms with Crippen molar-refractivity contribution >= 4 is 43.7 Å². The molecule has 0 radical (unpaired) electrons. The van der Waals surface area contributed by atoms with Gasteiger partial charge in [-0.1, -0.05) is 0 Å². The minimum Gasteiger partial charge on any atom is -0.321 e. The van der Waals surface area contributed by atoms with Gasteiger partial charge >= 0.3 is 0 Å². The van der Waals surface area contributed by atoms with Crippen molar-refractivity contribution in [2.24, 2.45) is 0 Å². The monoisotopic (exact) mass is 302 g/mol. The van der Waals surface area contributed by atoms with E-state index in [9.17, 15) is 9.18 Å². The van der Waals surface area contributed by atoms with Crippen molar-refractivity contribution in [1.82, 2.24) is 0 Å². The molecule has 0 saturated heterocycles. The summed E-state index contributed by atoms with van der Waals surface area (Å²) >= 11 is 2.98. The molecule has 1 N–H and O–H groups in total. The number of anilines is 1. The summed E-state index contributed by atoms with van der Waals surface area (Å²) in [5.41, 5.74) is 0.319. The third-order valence-corrected chi connectivity index (χ3v) is 4.80. The number of carbonyl (C=O) groups is 1. The second kappa shape index (κ2) is 5.04. The van der Waals surface area contributed by atoms with E-state index in [-0.39, 0.29) is 11.5 Å². The predicted molar refractivity (Wildman–Crippen MR) is 78.8 cm³/mol. The highest BCUT2D eigenvalue weighted by atomic mass is 32.1. The van der Waals surface area contributed by atoms with E-state index in [1.165, 1.54) is 29.5 Å². The van der Waals surface area contributed by atoms with E-state index in [0.717, 1.165) is 9.40 Å². The number of hydrogen-bond donors (Lipinski definition) is 1. The minimum atomic E-state index is -0.595. The lowest BCUT2D eigenvalue weighted by Gasteiger charge is -2.04. The number of nitrogens with zero attached hydrogens (tertiary/aromatic N) is 1. The number of carbonyl (C=O) groups excluding carboxylic acids is 1. The Hall–Kier alpha value is -2.23. The highest BCUT2D eigenvalue weighted by molar-refractivity contribution is 7.27. The van der Waals surface area contributed by atoms with E-state index >= 15 is 0 Å². The van der Waals surface area contributed by atoms with Crippen molar-refractivity contribution in [3.63, 3.8) is 0 Å². The van der Waals surface area contributed by atoms with Crippen LogP contribution in [0.25, 0.3) is 9.40 Å². The van der Waals surface area contributed by atoms with E-state index in [4.69, 9.17) is 5.26 Å². The van der Waals surface area contributed by atoms with Crippen LogP contribution in [-0.4, -0.2) is 5.91 Å². The number of amides is 1. The molecule has 0 saturated carbocycles. The molecule has 3 nitrogen and oxygen atoms in total. The van der Waals surface area contributed by atoms with Crippen LogP contribution in [0.5, 0.6) is 0 Å². The van der Waals surface area contributed by atoms with Gasteiger partial charge in [0, 0.05) is 15.1 Å². The first-order valence-corrected chi connectivity index (χ1v) is 7.35. The fourth-order valence-corrected chi connectivity index (χ4v) is 3.76. The van der Waals surface area contributed by atoms with Crippen molar-refractivity contribution in [2.75, 3.05) is 5.32 Å². The third kappa shape index (κ3) is 2.29. The first kappa shape index (κ1) is 12.8. The number of rotatable bonds is 2. The normalized spacial score (nSPS) is 10.4. The lowest BCUT2D eigenvalue weighted by atomic mass is 10.2. The molecular formula is C14H7FN2OS2. The van der Waals surface area contributed by atoms with Crippen LogP contribution in [-0.2, 0) is 0 Å². The third-order valence-electron chi connectivity index (χ3n) is 2.71. The topological polar surface area (TPSA) is 52.9 Å². The smallest absolute Gasteiger partial charge is 0.265 e. The second-order valence-corrected chi connectivity index (χ2v) is 6.05.